The molecule has 0 fully saturated rings. The van der Waals surface area contributed by atoms with Crippen LogP contribution in [0.2, 0.25) is 0 Å². The Kier molecular flexibility index (Phi) is 3.72. The minimum absolute atomic E-state index is 0.231. The molecule has 0 bridgehead atoms. The lowest BCUT2D eigenvalue weighted by molar-refractivity contribution is 0.623. The van der Waals surface area contributed by atoms with Crippen molar-refractivity contribution in [2.75, 3.05) is 0 Å². The van der Waals surface area contributed by atoms with E-state index in [0.717, 1.165) is 23.2 Å². The number of hydrogen-bond donors (Lipinski definition) is 1. The number of aliphatic imine (C=N–C) groups is 1. The van der Waals surface area contributed by atoms with E-state index < -0.39 is 0 Å². The second-order valence-electron chi connectivity index (χ2n) is 3.73. The molecule has 0 aliphatic carbocycles. The highest BCUT2D eigenvalue weighted by molar-refractivity contribution is 6.03. The van der Waals surface area contributed by atoms with Crippen LogP contribution in [-0.2, 0) is 0 Å². The van der Waals surface area contributed by atoms with Gasteiger partial charge in [0.2, 0.25) is 0 Å². The molecule has 0 unspecified atom stereocenters. The zero-order valence-corrected chi connectivity index (χ0v) is 9.21. The first-order chi connectivity index (χ1) is 7.06. The summed E-state index contributed by atoms with van der Waals surface area (Å²) < 4.78 is 13.1. The van der Waals surface area contributed by atoms with Gasteiger partial charge in [0.25, 0.3) is 0 Å². The zero-order valence-electron chi connectivity index (χ0n) is 9.21. The molecule has 0 atom stereocenters. The van der Waals surface area contributed by atoms with Gasteiger partial charge in [-0.05, 0) is 42.2 Å². The molecule has 0 saturated carbocycles. The SMILES string of the molecule is CC(=NC=N)c1ccc(F)cc1C(C)C. The van der Waals surface area contributed by atoms with Crippen LogP contribution in [0.25, 0.3) is 0 Å². The number of rotatable bonds is 3. The van der Waals surface area contributed by atoms with E-state index in [1.807, 2.05) is 20.8 Å². The van der Waals surface area contributed by atoms with E-state index in [1.54, 1.807) is 6.07 Å². The third kappa shape index (κ3) is 2.72. The first-order valence-electron chi connectivity index (χ1n) is 4.89. The molecule has 80 valence electrons. The monoisotopic (exact) mass is 206 g/mol. The Balaban J connectivity index is 3.28. The molecular weight excluding hydrogens is 191 g/mol. The molecule has 0 aliphatic rings. The lowest BCUT2D eigenvalue weighted by Crippen LogP contribution is -2.03. The smallest absolute Gasteiger partial charge is 0.123 e. The summed E-state index contributed by atoms with van der Waals surface area (Å²) >= 11 is 0. The van der Waals surface area contributed by atoms with Crippen LogP contribution in [-0.4, -0.2) is 12.1 Å². The molecule has 3 heteroatoms. The maximum absolute atomic E-state index is 13.1. The van der Waals surface area contributed by atoms with Gasteiger partial charge < -0.3 is 0 Å². The highest BCUT2D eigenvalue weighted by atomic mass is 19.1. The van der Waals surface area contributed by atoms with Crippen molar-refractivity contribution in [1.29, 1.82) is 5.41 Å². The lowest BCUT2D eigenvalue weighted by Gasteiger charge is -2.12. The molecule has 0 aliphatic heterocycles. The number of halogens is 1. The van der Waals surface area contributed by atoms with Gasteiger partial charge in [0.05, 0.1) is 0 Å². The molecule has 15 heavy (non-hydrogen) atoms. The van der Waals surface area contributed by atoms with Gasteiger partial charge in [-0.25, -0.2) is 9.38 Å². The van der Waals surface area contributed by atoms with Crippen LogP contribution in [0, 0.1) is 11.2 Å². The minimum atomic E-state index is -0.231. The fraction of sp³-hybridized carbons (Fsp3) is 0.333. The summed E-state index contributed by atoms with van der Waals surface area (Å²) in [7, 11) is 0. The fourth-order valence-electron chi connectivity index (χ4n) is 1.51. The van der Waals surface area contributed by atoms with Crippen molar-refractivity contribution >= 4 is 12.1 Å². The molecular formula is C12H15FN2. The number of nitrogens with zero attached hydrogens (tertiary/aromatic N) is 1. The van der Waals surface area contributed by atoms with E-state index in [4.69, 9.17) is 5.41 Å². The maximum Gasteiger partial charge on any atom is 0.123 e. The topological polar surface area (TPSA) is 36.2 Å². The Morgan fingerprint density at radius 3 is 2.67 bits per heavy atom. The predicted molar refractivity (Wildman–Crippen MR) is 61.5 cm³/mol. The summed E-state index contributed by atoms with van der Waals surface area (Å²) in [6, 6.07) is 4.67. The summed E-state index contributed by atoms with van der Waals surface area (Å²) in [6.07, 6.45) is 1.00. The van der Waals surface area contributed by atoms with Crippen molar-refractivity contribution in [3.8, 4) is 0 Å². The van der Waals surface area contributed by atoms with Crippen LogP contribution >= 0.6 is 0 Å². The second kappa shape index (κ2) is 4.82. The molecule has 1 aromatic rings. The average molecular weight is 206 g/mol. The van der Waals surface area contributed by atoms with Gasteiger partial charge in [0, 0.05) is 5.71 Å². The van der Waals surface area contributed by atoms with Crippen molar-refractivity contribution in [2.24, 2.45) is 4.99 Å². The van der Waals surface area contributed by atoms with Crippen molar-refractivity contribution in [3.05, 3.63) is 35.1 Å². The van der Waals surface area contributed by atoms with Crippen LogP contribution in [0.5, 0.6) is 0 Å². The van der Waals surface area contributed by atoms with Gasteiger partial charge in [0.1, 0.15) is 12.2 Å². The van der Waals surface area contributed by atoms with E-state index in [0.29, 0.717) is 0 Å². The third-order valence-corrected chi connectivity index (χ3v) is 2.28. The maximum atomic E-state index is 13.1. The summed E-state index contributed by atoms with van der Waals surface area (Å²) in [5.41, 5.74) is 2.58. The summed E-state index contributed by atoms with van der Waals surface area (Å²) in [5.74, 6) is 0.0108. The van der Waals surface area contributed by atoms with E-state index in [1.165, 1.54) is 12.1 Å². The molecule has 0 amide bonds. The first-order valence-corrected chi connectivity index (χ1v) is 4.89. The Labute approximate surface area is 89.4 Å². The molecule has 0 aromatic heterocycles. The molecule has 1 aromatic carbocycles. The van der Waals surface area contributed by atoms with Gasteiger partial charge in [0.15, 0.2) is 0 Å². The summed E-state index contributed by atoms with van der Waals surface area (Å²) in [6.45, 7) is 5.84. The number of hydrogen-bond acceptors (Lipinski definition) is 1. The summed E-state index contributed by atoms with van der Waals surface area (Å²) in [4.78, 5) is 3.90. The molecule has 0 radical (unpaired) electrons. The van der Waals surface area contributed by atoms with Crippen molar-refractivity contribution in [3.63, 3.8) is 0 Å². The van der Waals surface area contributed by atoms with Crippen LogP contribution in [0.15, 0.2) is 23.2 Å². The van der Waals surface area contributed by atoms with Gasteiger partial charge in [-0.15, -0.1) is 0 Å². The average Bonchev–Trinajstić information content (AvgIpc) is 2.17. The van der Waals surface area contributed by atoms with Crippen molar-refractivity contribution in [1.82, 2.24) is 0 Å². The van der Waals surface area contributed by atoms with Gasteiger partial charge in [-0.2, -0.15) is 0 Å². The normalized spacial score (nSPS) is 11.9. The Bertz CT molecular complexity index is 395. The van der Waals surface area contributed by atoms with Crippen molar-refractivity contribution < 1.29 is 4.39 Å². The zero-order chi connectivity index (χ0) is 11.4. The Morgan fingerprint density at radius 1 is 1.47 bits per heavy atom. The van der Waals surface area contributed by atoms with E-state index in [9.17, 15) is 4.39 Å². The van der Waals surface area contributed by atoms with Gasteiger partial charge in [-0.3, -0.25) is 5.41 Å². The standard InChI is InChI=1S/C12H15FN2/c1-8(2)12-6-10(13)4-5-11(12)9(3)15-7-14/h4-8,14H,1-3H3. The van der Waals surface area contributed by atoms with E-state index in [-0.39, 0.29) is 11.7 Å². The molecule has 2 nitrogen and oxygen atoms in total. The lowest BCUT2D eigenvalue weighted by atomic mass is 9.95. The summed E-state index contributed by atoms with van der Waals surface area (Å²) in [5, 5.41) is 6.92. The van der Waals surface area contributed by atoms with Gasteiger partial charge >= 0.3 is 0 Å². The second-order valence-corrected chi connectivity index (χ2v) is 3.73. The highest BCUT2D eigenvalue weighted by Gasteiger charge is 2.09. The minimum Gasteiger partial charge on any atom is -0.290 e. The van der Waals surface area contributed by atoms with Gasteiger partial charge in [-0.1, -0.05) is 13.8 Å². The quantitative estimate of drug-likeness (QED) is 0.581. The third-order valence-electron chi connectivity index (χ3n) is 2.28. The van der Waals surface area contributed by atoms with Crippen LogP contribution in [0.1, 0.15) is 37.8 Å². The largest absolute Gasteiger partial charge is 0.290 e. The molecule has 1 rings (SSSR count). The van der Waals surface area contributed by atoms with E-state index in [2.05, 4.69) is 4.99 Å². The molecule has 0 spiro atoms. The van der Waals surface area contributed by atoms with E-state index >= 15 is 0 Å². The van der Waals surface area contributed by atoms with Crippen molar-refractivity contribution in [2.45, 2.75) is 26.7 Å². The molecule has 0 saturated heterocycles. The van der Waals surface area contributed by atoms with Crippen LogP contribution in [0.4, 0.5) is 4.39 Å². The number of nitrogens with one attached hydrogen (secondary N) is 1. The predicted octanol–water partition coefficient (Wildman–Crippen LogP) is 3.37. The van der Waals surface area contributed by atoms with Crippen LogP contribution in [0.3, 0.4) is 0 Å². The first kappa shape index (κ1) is 11.6. The highest BCUT2D eigenvalue weighted by Crippen LogP contribution is 2.21. The molecule has 0 heterocycles. The molecule has 1 N–H and O–H groups in total. The fourth-order valence-corrected chi connectivity index (χ4v) is 1.51. The number of benzene rings is 1. The van der Waals surface area contributed by atoms with Crippen LogP contribution < -0.4 is 0 Å². The Morgan fingerprint density at radius 2 is 2.13 bits per heavy atom. The Hall–Kier alpha value is -1.51.